The van der Waals surface area contributed by atoms with E-state index in [-0.39, 0.29) is 5.28 Å². The van der Waals surface area contributed by atoms with Crippen molar-refractivity contribution in [1.29, 1.82) is 0 Å². The molecule has 108 valence electrons. The summed E-state index contributed by atoms with van der Waals surface area (Å²) in [7, 11) is 5.56. The van der Waals surface area contributed by atoms with Gasteiger partial charge in [-0.05, 0) is 41.9 Å². The number of methoxy groups -OCH3 is 1. The van der Waals surface area contributed by atoms with Gasteiger partial charge in [0.2, 0.25) is 5.28 Å². The molecule has 3 rings (SSSR count). The van der Waals surface area contributed by atoms with Crippen LogP contribution in [0.25, 0.3) is 11.0 Å². The third kappa shape index (κ3) is 2.40. The Balaban J connectivity index is 2.11. The van der Waals surface area contributed by atoms with Crippen LogP contribution in [0.3, 0.4) is 0 Å². The average Bonchev–Trinajstić information content (AvgIpc) is 2.87. The molecule has 0 atom stereocenters. The SMILES string of the molecule is COc1ccc(N(C)c2nc(Cl)nc3ccn(C)c23)cc1. The standard InChI is InChI=1S/C15H15ClN4O/c1-19-9-8-12-13(19)14(18-15(16)17-12)20(2)10-4-6-11(21-3)7-5-10/h4-9H,1-3H3. The molecular weight excluding hydrogens is 288 g/mol. The Hall–Kier alpha value is -2.27. The topological polar surface area (TPSA) is 43.2 Å². The Kier molecular flexibility index (Phi) is 3.43. The number of aromatic nitrogens is 3. The van der Waals surface area contributed by atoms with Gasteiger partial charge in [0.05, 0.1) is 12.6 Å². The lowest BCUT2D eigenvalue weighted by atomic mass is 10.2. The summed E-state index contributed by atoms with van der Waals surface area (Å²) in [5.41, 5.74) is 2.76. The number of anilines is 2. The number of rotatable bonds is 3. The fraction of sp³-hybridized carbons (Fsp3) is 0.200. The van der Waals surface area contributed by atoms with E-state index in [9.17, 15) is 0 Å². The van der Waals surface area contributed by atoms with E-state index < -0.39 is 0 Å². The highest BCUT2D eigenvalue weighted by Crippen LogP contribution is 2.30. The van der Waals surface area contributed by atoms with Crippen molar-refractivity contribution >= 4 is 34.1 Å². The van der Waals surface area contributed by atoms with Crippen molar-refractivity contribution in [1.82, 2.24) is 14.5 Å². The highest BCUT2D eigenvalue weighted by Gasteiger charge is 2.15. The second-order valence-corrected chi connectivity index (χ2v) is 5.07. The van der Waals surface area contributed by atoms with Gasteiger partial charge in [0.15, 0.2) is 5.82 Å². The molecule has 0 N–H and O–H groups in total. The minimum atomic E-state index is 0.240. The molecule has 0 saturated heterocycles. The van der Waals surface area contributed by atoms with Crippen molar-refractivity contribution in [3.05, 3.63) is 41.8 Å². The zero-order valence-corrected chi connectivity index (χ0v) is 12.8. The molecular formula is C15H15ClN4O. The summed E-state index contributed by atoms with van der Waals surface area (Å²) in [6.07, 6.45) is 1.95. The lowest BCUT2D eigenvalue weighted by molar-refractivity contribution is 0.415. The third-order valence-electron chi connectivity index (χ3n) is 3.45. The Morgan fingerprint density at radius 2 is 1.86 bits per heavy atom. The van der Waals surface area contributed by atoms with Gasteiger partial charge in [0.1, 0.15) is 11.3 Å². The monoisotopic (exact) mass is 302 g/mol. The zero-order chi connectivity index (χ0) is 15.0. The van der Waals surface area contributed by atoms with Gasteiger partial charge in [0, 0.05) is 26.0 Å². The van der Waals surface area contributed by atoms with Crippen LogP contribution in [0.4, 0.5) is 11.5 Å². The number of aryl methyl sites for hydroxylation is 1. The fourth-order valence-corrected chi connectivity index (χ4v) is 2.48. The summed E-state index contributed by atoms with van der Waals surface area (Å²) < 4.78 is 7.17. The molecule has 0 amide bonds. The van der Waals surface area contributed by atoms with Crippen molar-refractivity contribution < 1.29 is 4.74 Å². The maximum atomic E-state index is 6.03. The van der Waals surface area contributed by atoms with E-state index in [1.54, 1.807) is 7.11 Å². The zero-order valence-electron chi connectivity index (χ0n) is 12.0. The summed E-state index contributed by atoms with van der Waals surface area (Å²) >= 11 is 6.03. The van der Waals surface area contributed by atoms with Gasteiger partial charge in [-0.1, -0.05) is 0 Å². The van der Waals surface area contributed by atoms with Crippen molar-refractivity contribution in [2.75, 3.05) is 19.1 Å². The van der Waals surface area contributed by atoms with Gasteiger partial charge in [-0.2, -0.15) is 4.98 Å². The highest BCUT2D eigenvalue weighted by molar-refractivity contribution is 6.28. The molecule has 21 heavy (non-hydrogen) atoms. The molecule has 2 aromatic heterocycles. The van der Waals surface area contributed by atoms with Crippen LogP contribution >= 0.6 is 11.6 Å². The lowest BCUT2D eigenvalue weighted by Crippen LogP contribution is -2.13. The lowest BCUT2D eigenvalue weighted by Gasteiger charge is -2.20. The molecule has 0 bridgehead atoms. The largest absolute Gasteiger partial charge is 0.497 e. The van der Waals surface area contributed by atoms with Crippen molar-refractivity contribution in [3.8, 4) is 5.75 Å². The van der Waals surface area contributed by atoms with Crippen LogP contribution in [0.15, 0.2) is 36.5 Å². The Labute approximate surface area is 127 Å². The highest BCUT2D eigenvalue weighted by atomic mass is 35.5. The normalized spacial score (nSPS) is 10.9. The van der Waals surface area contributed by atoms with Crippen LogP contribution in [0.5, 0.6) is 5.75 Å². The Morgan fingerprint density at radius 1 is 1.14 bits per heavy atom. The smallest absolute Gasteiger partial charge is 0.225 e. The van der Waals surface area contributed by atoms with Crippen LogP contribution in [0, 0.1) is 0 Å². The number of nitrogens with zero attached hydrogens (tertiary/aromatic N) is 4. The van der Waals surface area contributed by atoms with Gasteiger partial charge < -0.3 is 14.2 Å². The number of benzene rings is 1. The van der Waals surface area contributed by atoms with Gasteiger partial charge in [-0.3, -0.25) is 0 Å². The van der Waals surface area contributed by atoms with Crippen LogP contribution < -0.4 is 9.64 Å². The van der Waals surface area contributed by atoms with E-state index in [0.29, 0.717) is 0 Å². The van der Waals surface area contributed by atoms with Crippen LogP contribution in [0.2, 0.25) is 5.28 Å². The average molecular weight is 303 g/mol. The summed E-state index contributed by atoms with van der Waals surface area (Å²) in [6, 6.07) is 9.70. The predicted octanol–water partition coefficient (Wildman–Crippen LogP) is 3.40. The molecule has 3 aromatic rings. The van der Waals surface area contributed by atoms with Gasteiger partial charge in [-0.15, -0.1) is 0 Å². The second-order valence-electron chi connectivity index (χ2n) is 4.73. The van der Waals surface area contributed by atoms with Crippen LogP contribution in [0.1, 0.15) is 0 Å². The summed E-state index contributed by atoms with van der Waals surface area (Å²) in [5, 5.41) is 0.240. The van der Waals surface area contributed by atoms with Gasteiger partial charge in [-0.25, -0.2) is 4.98 Å². The summed E-state index contributed by atoms with van der Waals surface area (Å²) in [4.78, 5) is 10.6. The van der Waals surface area contributed by atoms with E-state index >= 15 is 0 Å². The van der Waals surface area contributed by atoms with Gasteiger partial charge in [0.25, 0.3) is 0 Å². The van der Waals surface area contributed by atoms with E-state index in [1.165, 1.54) is 0 Å². The maximum Gasteiger partial charge on any atom is 0.225 e. The van der Waals surface area contributed by atoms with E-state index in [2.05, 4.69) is 9.97 Å². The molecule has 0 radical (unpaired) electrons. The molecule has 0 fully saturated rings. The number of hydrogen-bond donors (Lipinski definition) is 0. The Bertz CT molecular complexity index is 782. The second kappa shape index (κ2) is 5.26. The number of fused-ring (bicyclic) bond motifs is 1. The number of ether oxygens (including phenoxy) is 1. The van der Waals surface area contributed by atoms with E-state index in [0.717, 1.165) is 28.3 Å². The minimum absolute atomic E-state index is 0.240. The van der Waals surface area contributed by atoms with E-state index in [1.807, 2.05) is 60.1 Å². The molecule has 1 aromatic carbocycles. The van der Waals surface area contributed by atoms with Crippen LogP contribution in [-0.2, 0) is 7.05 Å². The Morgan fingerprint density at radius 3 is 2.52 bits per heavy atom. The first-order chi connectivity index (χ1) is 10.1. The molecule has 6 heteroatoms. The first kappa shape index (κ1) is 13.7. The van der Waals surface area contributed by atoms with Gasteiger partial charge >= 0.3 is 0 Å². The number of hydrogen-bond acceptors (Lipinski definition) is 4. The first-order valence-corrected chi connectivity index (χ1v) is 6.84. The summed E-state index contributed by atoms with van der Waals surface area (Å²) in [6.45, 7) is 0. The molecule has 0 aliphatic heterocycles. The number of halogens is 1. The molecule has 5 nitrogen and oxygen atoms in total. The van der Waals surface area contributed by atoms with E-state index in [4.69, 9.17) is 16.3 Å². The molecule has 2 heterocycles. The maximum absolute atomic E-state index is 6.03. The van der Waals surface area contributed by atoms with Crippen molar-refractivity contribution in [2.45, 2.75) is 0 Å². The molecule has 0 saturated carbocycles. The van der Waals surface area contributed by atoms with Crippen molar-refractivity contribution in [3.63, 3.8) is 0 Å². The third-order valence-corrected chi connectivity index (χ3v) is 3.62. The predicted molar refractivity (Wildman–Crippen MR) is 84.6 cm³/mol. The summed E-state index contributed by atoms with van der Waals surface area (Å²) in [5.74, 6) is 1.58. The van der Waals surface area contributed by atoms with Crippen LogP contribution in [-0.4, -0.2) is 28.7 Å². The molecule has 0 aliphatic rings. The molecule has 0 unspecified atom stereocenters. The minimum Gasteiger partial charge on any atom is -0.497 e. The molecule has 0 spiro atoms. The first-order valence-electron chi connectivity index (χ1n) is 6.46. The quantitative estimate of drug-likeness (QED) is 0.696. The van der Waals surface area contributed by atoms with Crippen molar-refractivity contribution in [2.24, 2.45) is 7.05 Å². The molecule has 0 aliphatic carbocycles. The fourth-order valence-electron chi connectivity index (χ4n) is 2.31.